The topological polar surface area (TPSA) is 99.9 Å². The van der Waals surface area contributed by atoms with Crippen molar-refractivity contribution in [2.45, 2.75) is 13.8 Å². The van der Waals surface area contributed by atoms with Gasteiger partial charge in [0, 0.05) is 5.56 Å². The lowest BCUT2D eigenvalue weighted by molar-refractivity contribution is 0.0518. The van der Waals surface area contributed by atoms with Gasteiger partial charge in [0.2, 0.25) is 6.79 Å². The van der Waals surface area contributed by atoms with E-state index >= 15 is 0 Å². The fourth-order valence-corrected chi connectivity index (χ4v) is 2.05. The highest BCUT2D eigenvalue weighted by Gasteiger charge is 2.21. The van der Waals surface area contributed by atoms with Crippen LogP contribution < -0.4 is 14.8 Å². The van der Waals surface area contributed by atoms with Gasteiger partial charge in [-0.05, 0) is 32.0 Å². The molecule has 120 valence electrons. The van der Waals surface area contributed by atoms with Crippen molar-refractivity contribution in [3.05, 3.63) is 35.2 Å². The molecule has 0 spiro atoms. The van der Waals surface area contributed by atoms with Crippen molar-refractivity contribution >= 4 is 17.9 Å². The number of carbonyl (C=O) groups is 2. The smallest absolute Gasteiger partial charge is 0.360 e. The lowest BCUT2D eigenvalue weighted by Crippen LogP contribution is -2.12. The number of benzene rings is 1. The highest BCUT2D eigenvalue weighted by atomic mass is 16.7. The molecule has 0 unspecified atom stereocenters. The first kappa shape index (κ1) is 14.9. The summed E-state index contributed by atoms with van der Waals surface area (Å²) in [7, 11) is 0. The first-order valence-corrected chi connectivity index (χ1v) is 6.94. The van der Waals surface area contributed by atoms with Gasteiger partial charge < -0.3 is 18.6 Å². The SMILES string of the molecule is CCOC(=O)c1nc(NC(=O)c2ccc3c(c2)OCO3)oc1C. The Hall–Kier alpha value is -3.03. The zero-order chi connectivity index (χ0) is 16.4. The van der Waals surface area contributed by atoms with E-state index in [1.807, 2.05) is 0 Å². The third-order valence-electron chi connectivity index (χ3n) is 3.12. The van der Waals surface area contributed by atoms with Gasteiger partial charge in [0.05, 0.1) is 6.61 Å². The molecule has 0 saturated carbocycles. The Labute approximate surface area is 131 Å². The fraction of sp³-hybridized carbons (Fsp3) is 0.267. The zero-order valence-corrected chi connectivity index (χ0v) is 12.5. The van der Waals surface area contributed by atoms with Crippen LogP contribution in [0.2, 0.25) is 0 Å². The molecule has 2 aromatic rings. The average Bonchev–Trinajstić information content (AvgIpc) is 3.13. The van der Waals surface area contributed by atoms with E-state index in [2.05, 4.69) is 10.3 Å². The van der Waals surface area contributed by atoms with Gasteiger partial charge in [-0.2, -0.15) is 4.98 Å². The lowest BCUT2D eigenvalue weighted by atomic mass is 10.2. The molecule has 1 aromatic heterocycles. The van der Waals surface area contributed by atoms with Crippen LogP contribution in [0, 0.1) is 6.92 Å². The van der Waals surface area contributed by atoms with E-state index in [4.69, 9.17) is 18.6 Å². The molecule has 23 heavy (non-hydrogen) atoms. The molecule has 1 N–H and O–H groups in total. The third kappa shape index (κ3) is 2.96. The van der Waals surface area contributed by atoms with Crippen molar-refractivity contribution in [3.63, 3.8) is 0 Å². The minimum atomic E-state index is -0.600. The van der Waals surface area contributed by atoms with Crippen LogP contribution in [0.25, 0.3) is 0 Å². The number of fused-ring (bicyclic) bond motifs is 1. The van der Waals surface area contributed by atoms with Gasteiger partial charge in [-0.15, -0.1) is 0 Å². The van der Waals surface area contributed by atoms with Crippen LogP contribution in [0.3, 0.4) is 0 Å². The van der Waals surface area contributed by atoms with Crippen LogP contribution in [0.15, 0.2) is 22.6 Å². The number of carbonyl (C=O) groups excluding carboxylic acids is 2. The molecule has 8 nitrogen and oxygen atoms in total. The molecule has 0 aliphatic carbocycles. The number of hydrogen-bond donors (Lipinski definition) is 1. The molecule has 1 aliphatic rings. The summed E-state index contributed by atoms with van der Waals surface area (Å²) in [4.78, 5) is 27.8. The van der Waals surface area contributed by atoms with E-state index in [1.54, 1.807) is 32.0 Å². The quantitative estimate of drug-likeness (QED) is 0.862. The number of rotatable bonds is 4. The van der Waals surface area contributed by atoms with Crippen molar-refractivity contribution < 1.29 is 28.2 Å². The van der Waals surface area contributed by atoms with Crippen LogP contribution in [0.1, 0.15) is 33.5 Å². The second kappa shape index (κ2) is 5.99. The molecule has 0 radical (unpaired) electrons. The van der Waals surface area contributed by atoms with E-state index < -0.39 is 11.9 Å². The molecule has 1 amide bonds. The number of aryl methyl sites for hydroxylation is 1. The van der Waals surface area contributed by atoms with Gasteiger partial charge in [-0.1, -0.05) is 0 Å². The second-order valence-electron chi connectivity index (χ2n) is 4.67. The van der Waals surface area contributed by atoms with Crippen molar-refractivity contribution in [2.24, 2.45) is 0 Å². The highest BCUT2D eigenvalue weighted by molar-refractivity contribution is 6.03. The molecule has 1 aliphatic heterocycles. The Bertz CT molecular complexity index is 767. The number of hydrogen-bond acceptors (Lipinski definition) is 7. The number of oxazole rings is 1. The molecule has 0 fully saturated rings. The summed E-state index contributed by atoms with van der Waals surface area (Å²) in [5.41, 5.74) is 0.385. The maximum atomic E-state index is 12.2. The van der Waals surface area contributed by atoms with Gasteiger partial charge >= 0.3 is 12.0 Å². The lowest BCUT2D eigenvalue weighted by Gasteiger charge is -2.02. The third-order valence-corrected chi connectivity index (χ3v) is 3.12. The Kier molecular flexibility index (Phi) is 3.88. The predicted molar refractivity (Wildman–Crippen MR) is 77.7 cm³/mol. The van der Waals surface area contributed by atoms with Crippen LogP contribution in [-0.2, 0) is 4.74 Å². The predicted octanol–water partition coefficient (Wildman–Crippen LogP) is 2.14. The maximum Gasteiger partial charge on any atom is 0.360 e. The summed E-state index contributed by atoms with van der Waals surface area (Å²) in [6, 6.07) is 4.71. The summed E-state index contributed by atoms with van der Waals surface area (Å²) in [5.74, 6) is 0.299. The minimum absolute atomic E-state index is 0.0350. The first-order chi connectivity index (χ1) is 11.1. The van der Waals surface area contributed by atoms with Gasteiger partial charge in [0.25, 0.3) is 5.91 Å². The van der Waals surface area contributed by atoms with E-state index in [-0.39, 0.29) is 30.9 Å². The normalized spacial score (nSPS) is 12.1. The molecule has 8 heteroatoms. The summed E-state index contributed by atoms with van der Waals surface area (Å²) in [6.45, 7) is 3.61. The summed E-state index contributed by atoms with van der Waals surface area (Å²) < 4.78 is 20.5. The van der Waals surface area contributed by atoms with Crippen molar-refractivity contribution in [1.82, 2.24) is 4.98 Å². The Morgan fingerprint density at radius 1 is 1.30 bits per heavy atom. The fourth-order valence-electron chi connectivity index (χ4n) is 2.05. The number of nitrogens with zero attached hydrogens (tertiary/aromatic N) is 1. The summed E-state index contributed by atoms with van der Waals surface area (Å²) in [6.07, 6.45) is 0. The van der Waals surface area contributed by atoms with Crippen molar-refractivity contribution in [2.75, 3.05) is 18.7 Å². The summed E-state index contributed by atoms with van der Waals surface area (Å²) in [5, 5.41) is 2.49. The van der Waals surface area contributed by atoms with Gasteiger partial charge in [0.15, 0.2) is 17.2 Å². The van der Waals surface area contributed by atoms with E-state index in [9.17, 15) is 9.59 Å². The monoisotopic (exact) mass is 318 g/mol. The molecule has 1 aromatic carbocycles. The molecule has 0 bridgehead atoms. The van der Waals surface area contributed by atoms with Gasteiger partial charge in [0.1, 0.15) is 5.76 Å². The van der Waals surface area contributed by atoms with Crippen LogP contribution >= 0.6 is 0 Å². The molecular weight excluding hydrogens is 304 g/mol. The Balaban J connectivity index is 1.75. The number of anilines is 1. The average molecular weight is 318 g/mol. The molecule has 0 atom stereocenters. The van der Waals surface area contributed by atoms with Gasteiger partial charge in [-0.25, -0.2) is 4.79 Å². The Morgan fingerprint density at radius 2 is 2.09 bits per heavy atom. The minimum Gasteiger partial charge on any atom is -0.461 e. The maximum absolute atomic E-state index is 12.2. The van der Waals surface area contributed by atoms with Crippen LogP contribution in [0.5, 0.6) is 11.5 Å². The molecule has 2 heterocycles. The van der Waals surface area contributed by atoms with E-state index in [0.717, 1.165) is 0 Å². The van der Waals surface area contributed by atoms with E-state index in [1.165, 1.54) is 0 Å². The molecule has 0 saturated heterocycles. The number of nitrogens with one attached hydrogen (secondary N) is 1. The Morgan fingerprint density at radius 3 is 2.87 bits per heavy atom. The first-order valence-electron chi connectivity index (χ1n) is 6.94. The van der Waals surface area contributed by atoms with Gasteiger partial charge in [-0.3, -0.25) is 10.1 Å². The molecular formula is C15H14N2O6. The zero-order valence-electron chi connectivity index (χ0n) is 12.5. The second-order valence-corrected chi connectivity index (χ2v) is 4.67. The number of amides is 1. The number of aromatic nitrogens is 1. The molecule has 3 rings (SSSR count). The standard InChI is InChI=1S/C15H14N2O6/c1-3-20-14(19)12-8(2)23-15(16-12)17-13(18)9-4-5-10-11(6-9)22-7-21-10/h4-6H,3,7H2,1-2H3,(H,16,17,18). The number of esters is 1. The van der Waals surface area contributed by atoms with Crippen molar-refractivity contribution in [1.29, 1.82) is 0 Å². The van der Waals surface area contributed by atoms with Crippen molar-refractivity contribution in [3.8, 4) is 11.5 Å². The highest BCUT2D eigenvalue weighted by Crippen LogP contribution is 2.32. The van der Waals surface area contributed by atoms with E-state index in [0.29, 0.717) is 17.1 Å². The summed E-state index contributed by atoms with van der Waals surface area (Å²) >= 11 is 0. The number of ether oxygens (including phenoxy) is 3. The van der Waals surface area contributed by atoms with Crippen LogP contribution in [0.4, 0.5) is 6.01 Å². The largest absolute Gasteiger partial charge is 0.461 e. The van der Waals surface area contributed by atoms with Crippen LogP contribution in [-0.4, -0.2) is 30.3 Å².